The maximum absolute atomic E-state index is 13.2. The van der Waals surface area contributed by atoms with Crippen LogP contribution in [0.3, 0.4) is 0 Å². The summed E-state index contributed by atoms with van der Waals surface area (Å²) in [5.41, 5.74) is 3.43. The number of aliphatic hydroxyl groups is 1. The molecule has 0 aliphatic carbocycles. The molecule has 0 saturated carbocycles. The molecule has 0 bridgehead atoms. The third-order valence-corrected chi connectivity index (χ3v) is 5.95. The van der Waals surface area contributed by atoms with Gasteiger partial charge in [-0.1, -0.05) is 54.6 Å². The minimum absolute atomic E-state index is 0.210. The summed E-state index contributed by atoms with van der Waals surface area (Å²) in [7, 11) is 0. The van der Waals surface area contributed by atoms with Crippen molar-refractivity contribution in [3.05, 3.63) is 90.2 Å². The zero-order chi connectivity index (χ0) is 20.8. The average Bonchev–Trinajstić information content (AvgIpc) is 3.23. The van der Waals surface area contributed by atoms with Crippen LogP contribution in [0.1, 0.15) is 18.4 Å². The molecular weight excluding hydrogens is 377 g/mol. The van der Waals surface area contributed by atoms with Crippen LogP contribution in [0.4, 0.5) is 4.39 Å². The predicted octanol–water partition coefficient (Wildman–Crippen LogP) is 5.04. The summed E-state index contributed by atoms with van der Waals surface area (Å²) in [6, 6.07) is 24.9. The van der Waals surface area contributed by atoms with Crippen molar-refractivity contribution in [2.75, 3.05) is 26.2 Å². The van der Waals surface area contributed by atoms with Crippen LogP contribution < -0.4 is 4.74 Å². The molecule has 0 radical (unpaired) electrons. The Morgan fingerprint density at radius 2 is 1.47 bits per heavy atom. The zero-order valence-electron chi connectivity index (χ0n) is 17.2. The highest BCUT2D eigenvalue weighted by atomic mass is 19.1. The molecule has 1 N–H and O–H groups in total. The molecule has 4 heteroatoms. The van der Waals surface area contributed by atoms with Crippen LogP contribution in [-0.2, 0) is 6.54 Å². The summed E-state index contributed by atoms with van der Waals surface area (Å²) >= 11 is 0. The standard InChI is InChI=1S/C26H29FNO2/c27-24-12-8-21(9-13-24)18-28(16-4-5-17-28)19-25(29)20-30-26-14-10-23(11-15-26)22-6-2-1-3-7-22/h1-3,6-15,25,29H,4-5,16-20H2/q+1/t25-/m0/s1. The Kier molecular flexibility index (Phi) is 6.46. The van der Waals surface area contributed by atoms with Crippen molar-refractivity contribution >= 4 is 0 Å². The molecule has 1 fully saturated rings. The van der Waals surface area contributed by atoms with Crippen LogP contribution in [-0.4, -0.2) is 41.9 Å². The molecule has 3 aromatic carbocycles. The van der Waals surface area contributed by atoms with E-state index in [4.69, 9.17) is 4.74 Å². The molecule has 1 heterocycles. The maximum Gasteiger partial charge on any atom is 0.137 e. The third kappa shape index (κ3) is 5.26. The summed E-state index contributed by atoms with van der Waals surface area (Å²) in [6.07, 6.45) is 1.78. The van der Waals surface area contributed by atoms with Gasteiger partial charge < -0.3 is 14.3 Å². The van der Waals surface area contributed by atoms with Crippen molar-refractivity contribution in [3.63, 3.8) is 0 Å². The Hall–Kier alpha value is -2.69. The van der Waals surface area contributed by atoms with Crippen LogP contribution >= 0.6 is 0 Å². The zero-order valence-corrected chi connectivity index (χ0v) is 17.2. The van der Waals surface area contributed by atoms with Gasteiger partial charge in [0.2, 0.25) is 0 Å². The first kappa shape index (κ1) is 20.6. The highest BCUT2D eigenvalue weighted by Gasteiger charge is 2.34. The lowest BCUT2D eigenvalue weighted by molar-refractivity contribution is -0.932. The number of hydrogen-bond donors (Lipinski definition) is 1. The van der Waals surface area contributed by atoms with Gasteiger partial charge in [-0.15, -0.1) is 0 Å². The van der Waals surface area contributed by atoms with Gasteiger partial charge in [-0.05, 0) is 35.4 Å². The molecular formula is C26H29FNO2+. The second-order valence-electron chi connectivity index (χ2n) is 8.32. The predicted molar refractivity (Wildman–Crippen MR) is 118 cm³/mol. The van der Waals surface area contributed by atoms with Crippen LogP contribution in [0.2, 0.25) is 0 Å². The van der Waals surface area contributed by atoms with E-state index in [1.165, 1.54) is 17.7 Å². The highest BCUT2D eigenvalue weighted by molar-refractivity contribution is 5.63. The van der Waals surface area contributed by atoms with Crippen LogP contribution in [0.15, 0.2) is 78.9 Å². The highest BCUT2D eigenvalue weighted by Crippen LogP contribution is 2.25. The van der Waals surface area contributed by atoms with Gasteiger partial charge in [0, 0.05) is 18.4 Å². The van der Waals surface area contributed by atoms with E-state index in [1.54, 1.807) is 0 Å². The minimum atomic E-state index is -0.544. The lowest BCUT2D eigenvalue weighted by Crippen LogP contribution is -2.50. The maximum atomic E-state index is 13.2. The molecule has 4 rings (SSSR count). The number of halogens is 1. The van der Waals surface area contributed by atoms with Gasteiger partial charge in [0.25, 0.3) is 0 Å². The van der Waals surface area contributed by atoms with Crippen molar-refractivity contribution in [2.24, 2.45) is 0 Å². The van der Waals surface area contributed by atoms with Crippen LogP contribution in [0.5, 0.6) is 5.75 Å². The fourth-order valence-corrected chi connectivity index (χ4v) is 4.45. The molecule has 3 aromatic rings. The molecule has 156 valence electrons. The molecule has 0 unspecified atom stereocenters. The summed E-state index contributed by atoms with van der Waals surface area (Å²) < 4.78 is 19.9. The smallest absolute Gasteiger partial charge is 0.137 e. The number of quaternary nitrogens is 1. The first-order valence-corrected chi connectivity index (χ1v) is 10.7. The first-order chi connectivity index (χ1) is 14.6. The molecule has 0 aromatic heterocycles. The number of hydrogen-bond acceptors (Lipinski definition) is 2. The quantitative estimate of drug-likeness (QED) is 0.531. The monoisotopic (exact) mass is 406 g/mol. The third-order valence-electron chi connectivity index (χ3n) is 5.95. The van der Waals surface area contributed by atoms with Gasteiger partial charge in [0.1, 0.15) is 37.4 Å². The SMILES string of the molecule is O[C@H](COc1ccc(-c2ccccc2)cc1)C[N+]1(Cc2ccc(F)cc2)CCCC1. The van der Waals surface area contributed by atoms with Gasteiger partial charge >= 0.3 is 0 Å². The van der Waals surface area contributed by atoms with Gasteiger partial charge in [0.05, 0.1) is 13.1 Å². The summed E-state index contributed by atoms with van der Waals surface area (Å²) in [5, 5.41) is 10.7. The number of likely N-dealkylation sites (tertiary alicyclic amines) is 1. The van der Waals surface area contributed by atoms with Gasteiger partial charge in [-0.2, -0.15) is 0 Å². The van der Waals surface area contributed by atoms with E-state index in [-0.39, 0.29) is 12.4 Å². The van der Waals surface area contributed by atoms with Gasteiger partial charge in [0.15, 0.2) is 0 Å². The Morgan fingerprint density at radius 1 is 0.833 bits per heavy atom. The molecule has 3 nitrogen and oxygen atoms in total. The molecule has 0 amide bonds. The molecule has 1 aliphatic rings. The number of ether oxygens (including phenoxy) is 1. The summed E-state index contributed by atoms with van der Waals surface area (Å²) in [4.78, 5) is 0. The van der Waals surface area contributed by atoms with Crippen molar-refractivity contribution in [1.29, 1.82) is 0 Å². The fraction of sp³-hybridized carbons (Fsp3) is 0.308. The van der Waals surface area contributed by atoms with E-state index in [9.17, 15) is 9.50 Å². The number of benzene rings is 3. The van der Waals surface area contributed by atoms with Gasteiger partial charge in [-0.3, -0.25) is 0 Å². The van der Waals surface area contributed by atoms with Gasteiger partial charge in [-0.25, -0.2) is 4.39 Å². The average molecular weight is 407 g/mol. The minimum Gasteiger partial charge on any atom is -0.491 e. The van der Waals surface area contributed by atoms with E-state index in [0.29, 0.717) is 6.54 Å². The van der Waals surface area contributed by atoms with Crippen LogP contribution in [0.25, 0.3) is 11.1 Å². The number of nitrogens with zero attached hydrogens (tertiary/aromatic N) is 1. The Balaban J connectivity index is 1.33. The van der Waals surface area contributed by atoms with Crippen molar-refractivity contribution in [2.45, 2.75) is 25.5 Å². The lowest BCUT2D eigenvalue weighted by atomic mass is 10.1. The summed E-state index contributed by atoms with van der Waals surface area (Å²) in [5.74, 6) is 0.554. The lowest BCUT2D eigenvalue weighted by Gasteiger charge is -2.36. The molecule has 1 atom stereocenters. The van der Waals surface area contributed by atoms with E-state index in [0.717, 1.165) is 53.8 Å². The normalized spacial score (nSPS) is 16.3. The largest absolute Gasteiger partial charge is 0.491 e. The first-order valence-electron chi connectivity index (χ1n) is 10.7. The Labute approximate surface area is 178 Å². The number of aliphatic hydroxyl groups excluding tert-OH is 1. The van der Waals surface area contributed by atoms with E-state index >= 15 is 0 Å². The Morgan fingerprint density at radius 3 is 2.13 bits per heavy atom. The van der Waals surface area contributed by atoms with Crippen molar-refractivity contribution < 1.29 is 18.7 Å². The van der Waals surface area contributed by atoms with E-state index in [1.807, 2.05) is 54.6 Å². The topological polar surface area (TPSA) is 29.5 Å². The molecule has 1 saturated heterocycles. The van der Waals surface area contributed by atoms with E-state index < -0.39 is 6.10 Å². The Bertz CT molecular complexity index is 920. The second kappa shape index (κ2) is 9.41. The van der Waals surface area contributed by atoms with Crippen molar-refractivity contribution in [1.82, 2.24) is 0 Å². The molecule has 30 heavy (non-hydrogen) atoms. The fourth-order valence-electron chi connectivity index (χ4n) is 4.45. The molecule has 1 aliphatic heterocycles. The van der Waals surface area contributed by atoms with E-state index in [2.05, 4.69) is 12.1 Å². The van der Waals surface area contributed by atoms with Crippen molar-refractivity contribution in [3.8, 4) is 16.9 Å². The summed E-state index contributed by atoms with van der Waals surface area (Å²) in [6.45, 7) is 3.83. The number of rotatable bonds is 8. The second-order valence-corrected chi connectivity index (χ2v) is 8.32. The van der Waals surface area contributed by atoms with Crippen LogP contribution in [0, 0.1) is 5.82 Å². The molecule has 0 spiro atoms.